The first-order chi connectivity index (χ1) is 9.99. The Balaban J connectivity index is 2.73. The summed E-state index contributed by atoms with van der Waals surface area (Å²) in [6, 6.07) is -0.206. The van der Waals surface area contributed by atoms with Crippen molar-refractivity contribution < 1.29 is 19.1 Å². The molecule has 5 heteroatoms. The lowest BCUT2D eigenvalue weighted by atomic mass is 9.89. The third-order valence-corrected chi connectivity index (χ3v) is 3.74. The molecule has 1 aliphatic heterocycles. The average molecular weight is 313 g/mol. The van der Waals surface area contributed by atoms with E-state index in [9.17, 15) is 9.59 Å². The molecule has 3 atom stereocenters. The van der Waals surface area contributed by atoms with E-state index in [1.807, 2.05) is 34.6 Å². The SMILES string of the molecule is CC(C)C[C@H](NC(=O)OC(C)(C)C)[C@@H]1C[C@@H](C(C)C)C(=O)O1. The zero-order chi connectivity index (χ0) is 17.1. The number of nitrogens with one attached hydrogen (secondary N) is 1. The van der Waals surface area contributed by atoms with Crippen LogP contribution in [-0.2, 0) is 14.3 Å². The Bertz CT molecular complexity index is 398. The Morgan fingerprint density at radius 2 is 1.91 bits per heavy atom. The van der Waals surface area contributed by atoms with Crippen molar-refractivity contribution in [2.45, 2.75) is 79.1 Å². The molecular formula is C17H31NO4. The first-order valence-electron chi connectivity index (χ1n) is 8.19. The number of alkyl carbamates (subject to hydrolysis) is 1. The molecule has 0 aromatic rings. The lowest BCUT2D eigenvalue weighted by molar-refractivity contribution is -0.146. The van der Waals surface area contributed by atoms with Crippen LogP contribution in [0.15, 0.2) is 0 Å². The van der Waals surface area contributed by atoms with Gasteiger partial charge in [0.05, 0.1) is 12.0 Å². The molecule has 1 amide bonds. The summed E-state index contributed by atoms with van der Waals surface area (Å²) in [5.41, 5.74) is -0.542. The van der Waals surface area contributed by atoms with Gasteiger partial charge >= 0.3 is 12.1 Å². The average Bonchev–Trinajstić information content (AvgIpc) is 2.67. The van der Waals surface area contributed by atoms with Gasteiger partial charge in [0.15, 0.2) is 0 Å². The Morgan fingerprint density at radius 1 is 1.32 bits per heavy atom. The third kappa shape index (κ3) is 5.85. The Morgan fingerprint density at radius 3 is 2.32 bits per heavy atom. The van der Waals surface area contributed by atoms with Crippen molar-refractivity contribution in [3.8, 4) is 0 Å². The van der Waals surface area contributed by atoms with E-state index in [0.717, 1.165) is 6.42 Å². The smallest absolute Gasteiger partial charge is 0.408 e. The van der Waals surface area contributed by atoms with Gasteiger partial charge in [0, 0.05) is 0 Å². The quantitative estimate of drug-likeness (QED) is 0.789. The van der Waals surface area contributed by atoms with Gasteiger partial charge < -0.3 is 14.8 Å². The molecule has 1 rings (SSSR count). The van der Waals surface area contributed by atoms with E-state index in [1.54, 1.807) is 0 Å². The van der Waals surface area contributed by atoms with Crippen molar-refractivity contribution in [1.29, 1.82) is 0 Å². The van der Waals surface area contributed by atoms with Gasteiger partial charge in [-0.3, -0.25) is 4.79 Å². The number of carbonyl (C=O) groups excluding carboxylic acids is 2. The van der Waals surface area contributed by atoms with Crippen LogP contribution in [0.25, 0.3) is 0 Å². The van der Waals surface area contributed by atoms with Crippen LogP contribution in [0.3, 0.4) is 0 Å². The van der Waals surface area contributed by atoms with E-state index >= 15 is 0 Å². The molecule has 1 saturated heterocycles. The second kappa shape index (κ2) is 7.34. The van der Waals surface area contributed by atoms with Crippen molar-refractivity contribution in [2.75, 3.05) is 0 Å². The number of ether oxygens (including phenoxy) is 2. The molecule has 0 unspecified atom stereocenters. The molecule has 1 heterocycles. The molecule has 0 bridgehead atoms. The van der Waals surface area contributed by atoms with Gasteiger partial charge in [-0.1, -0.05) is 27.7 Å². The van der Waals surface area contributed by atoms with Gasteiger partial charge in [-0.2, -0.15) is 0 Å². The van der Waals surface area contributed by atoms with Gasteiger partial charge in [-0.25, -0.2) is 4.79 Å². The molecule has 1 fully saturated rings. The van der Waals surface area contributed by atoms with Crippen molar-refractivity contribution >= 4 is 12.1 Å². The van der Waals surface area contributed by atoms with Crippen molar-refractivity contribution in [3.63, 3.8) is 0 Å². The van der Waals surface area contributed by atoms with Gasteiger partial charge in [-0.05, 0) is 45.4 Å². The van der Waals surface area contributed by atoms with Crippen molar-refractivity contribution in [1.82, 2.24) is 5.32 Å². The zero-order valence-corrected chi connectivity index (χ0v) is 14.9. The van der Waals surface area contributed by atoms with E-state index in [-0.39, 0.29) is 30.0 Å². The van der Waals surface area contributed by atoms with Crippen molar-refractivity contribution in [3.05, 3.63) is 0 Å². The molecule has 0 spiro atoms. The number of carbonyl (C=O) groups is 2. The monoisotopic (exact) mass is 313 g/mol. The summed E-state index contributed by atoms with van der Waals surface area (Å²) < 4.78 is 10.8. The maximum Gasteiger partial charge on any atom is 0.408 e. The van der Waals surface area contributed by atoms with Crippen LogP contribution in [0, 0.1) is 17.8 Å². The van der Waals surface area contributed by atoms with Crippen LogP contribution in [0.1, 0.15) is 61.3 Å². The fourth-order valence-corrected chi connectivity index (χ4v) is 2.69. The summed E-state index contributed by atoms with van der Waals surface area (Å²) in [4.78, 5) is 24.0. The first-order valence-corrected chi connectivity index (χ1v) is 8.19. The second-order valence-electron chi connectivity index (χ2n) is 7.94. The molecule has 5 nitrogen and oxygen atoms in total. The number of amides is 1. The molecule has 22 heavy (non-hydrogen) atoms. The van der Waals surface area contributed by atoms with Crippen LogP contribution in [0.2, 0.25) is 0 Å². The van der Waals surface area contributed by atoms with E-state index < -0.39 is 11.7 Å². The standard InChI is InChI=1S/C17H31NO4/c1-10(2)8-13(18-16(20)22-17(5,6)7)14-9-12(11(3)4)15(19)21-14/h10-14H,8-9H2,1-7H3,(H,18,20)/t12-,13-,14-/m0/s1. The number of esters is 1. The predicted octanol–water partition coefficient (Wildman–Crippen LogP) is 3.51. The molecular weight excluding hydrogens is 282 g/mol. The van der Waals surface area contributed by atoms with Gasteiger partial charge in [0.1, 0.15) is 11.7 Å². The largest absolute Gasteiger partial charge is 0.460 e. The summed E-state index contributed by atoms with van der Waals surface area (Å²) in [5, 5.41) is 2.89. The molecule has 0 radical (unpaired) electrons. The fraction of sp³-hybridized carbons (Fsp3) is 0.882. The summed E-state index contributed by atoms with van der Waals surface area (Å²) in [5.74, 6) is 0.398. The summed E-state index contributed by atoms with van der Waals surface area (Å²) in [6.45, 7) is 13.7. The summed E-state index contributed by atoms with van der Waals surface area (Å²) in [7, 11) is 0. The molecule has 0 saturated carbocycles. The minimum Gasteiger partial charge on any atom is -0.460 e. The van der Waals surface area contributed by atoms with E-state index in [0.29, 0.717) is 12.3 Å². The first kappa shape index (κ1) is 18.8. The number of hydrogen-bond acceptors (Lipinski definition) is 4. The van der Waals surface area contributed by atoms with Crippen LogP contribution < -0.4 is 5.32 Å². The fourth-order valence-electron chi connectivity index (χ4n) is 2.69. The van der Waals surface area contributed by atoms with Gasteiger partial charge in [0.25, 0.3) is 0 Å². The molecule has 128 valence electrons. The maximum absolute atomic E-state index is 12.0. The van der Waals surface area contributed by atoms with Crippen LogP contribution >= 0.6 is 0 Å². The van der Waals surface area contributed by atoms with E-state index in [2.05, 4.69) is 19.2 Å². The molecule has 0 aromatic heterocycles. The highest BCUT2D eigenvalue weighted by Gasteiger charge is 2.41. The summed E-state index contributed by atoms with van der Waals surface area (Å²) >= 11 is 0. The highest BCUT2D eigenvalue weighted by Crippen LogP contribution is 2.31. The molecule has 0 aromatic carbocycles. The van der Waals surface area contributed by atoms with Gasteiger partial charge in [-0.15, -0.1) is 0 Å². The maximum atomic E-state index is 12.0. The number of hydrogen-bond donors (Lipinski definition) is 1. The minimum absolute atomic E-state index is 0.0832. The highest BCUT2D eigenvalue weighted by atomic mass is 16.6. The van der Waals surface area contributed by atoms with Crippen LogP contribution in [-0.4, -0.2) is 29.8 Å². The highest BCUT2D eigenvalue weighted by molar-refractivity contribution is 5.75. The number of rotatable bonds is 5. The lowest BCUT2D eigenvalue weighted by Gasteiger charge is -2.27. The van der Waals surface area contributed by atoms with Crippen LogP contribution in [0.5, 0.6) is 0 Å². The van der Waals surface area contributed by atoms with Crippen LogP contribution in [0.4, 0.5) is 4.79 Å². The Hall–Kier alpha value is -1.26. The summed E-state index contributed by atoms with van der Waals surface area (Å²) in [6.07, 6.45) is 0.683. The lowest BCUT2D eigenvalue weighted by Crippen LogP contribution is -2.46. The minimum atomic E-state index is -0.542. The third-order valence-electron chi connectivity index (χ3n) is 3.74. The molecule has 0 aliphatic carbocycles. The zero-order valence-electron chi connectivity index (χ0n) is 14.9. The molecule has 1 aliphatic rings. The topological polar surface area (TPSA) is 64.6 Å². The number of cyclic esters (lactones) is 1. The predicted molar refractivity (Wildman–Crippen MR) is 85.4 cm³/mol. The van der Waals surface area contributed by atoms with E-state index in [4.69, 9.17) is 9.47 Å². The Kier molecular flexibility index (Phi) is 6.27. The second-order valence-corrected chi connectivity index (χ2v) is 7.94. The van der Waals surface area contributed by atoms with Gasteiger partial charge in [0.2, 0.25) is 0 Å². The van der Waals surface area contributed by atoms with E-state index in [1.165, 1.54) is 0 Å². The van der Waals surface area contributed by atoms with Crippen molar-refractivity contribution in [2.24, 2.45) is 17.8 Å². The Labute approximate surface area is 134 Å². The molecule has 1 N–H and O–H groups in total. The normalized spacial score (nSPS) is 23.6.